The van der Waals surface area contributed by atoms with E-state index >= 15 is 0 Å². The lowest BCUT2D eigenvalue weighted by atomic mass is 9.93. The van der Waals surface area contributed by atoms with Gasteiger partial charge in [0.15, 0.2) is 0 Å². The van der Waals surface area contributed by atoms with Crippen molar-refractivity contribution in [1.29, 1.82) is 0 Å². The number of carbonyl (C=O) groups is 1. The molecule has 0 aliphatic carbocycles. The van der Waals surface area contributed by atoms with E-state index in [1.807, 2.05) is 32.0 Å². The van der Waals surface area contributed by atoms with Crippen molar-refractivity contribution in [2.24, 2.45) is 4.99 Å². The van der Waals surface area contributed by atoms with Gasteiger partial charge in [0, 0.05) is 29.5 Å². The van der Waals surface area contributed by atoms with Crippen LogP contribution in [0.25, 0.3) is 10.9 Å². The molecular formula is C22H21N3O2. The summed E-state index contributed by atoms with van der Waals surface area (Å²) in [5, 5.41) is 1.14. The molecule has 0 radical (unpaired) electrons. The minimum atomic E-state index is -0.397. The number of H-pyrrole nitrogens is 1. The Balaban J connectivity index is 1.72. The molecule has 1 N–H and O–H groups in total. The third kappa shape index (κ3) is 3.28. The molecule has 1 aromatic carbocycles. The molecule has 1 aliphatic rings. The van der Waals surface area contributed by atoms with Gasteiger partial charge < -0.3 is 9.72 Å². The molecule has 5 heteroatoms. The summed E-state index contributed by atoms with van der Waals surface area (Å²) in [5.41, 5.74) is 4.97. The standard InChI is InChI=1S/C22H21N3O2/c1-13-11-18(20-12-16-7-4-5-9-19(16)25-20)21(15(3)24-13)27-22(26)17-8-6-10-23-14(17)2/h4-10,12,18,25H,11H2,1-3H3. The van der Waals surface area contributed by atoms with Crippen LogP contribution in [-0.4, -0.2) is 21.6 Å². The van der Waals surface area contributed by atoms with E-state index in [0.29, 0.717) is 23.4 Å². The van der Waals surface area contributed by atoms with Crippen LogP contribution in [0.5, 0.6) is 0 Å². The van der Waals surface area contributed by atoms with Crippen LogP contribution >= 0.6 is 0 Å². The largest absolute Gasteiger partial charge is 0.425 e. The van der Waals surface area contributed by atoms with Crippen molar-refractivity contribution in [3.8, 4) is 0 Å². The Morgan fingerprint density at radius 2 is 1.96 bits per heavy atom. The van der Waals surface area contributed by atoms with Crippen LogP contribution in [0.1, 0.15) is 47.9 Å². The van der Waals surface area contributed by atoms with E-state index in [2.05, 4.69) is 27.1 Å². The number of aromatic nitrogens is 2. The minimum absolute atomic E-state index is 0.0733. The van der Waals surface area contributed by atoms with Gasteiger partial charge in [0.1, 0.15) is 5.76 Å². The number of ether oxygens (including phenoxy) is 1. The van der Waals surface area contributed by atoms with E-state index < -0.39 is 5.97 Å². The maximum Gasteiger partial charge on any atom is 0.345 e. The van der Waals surface area contributed by atoms with Crippen LogP contribution < -0.4 is 0 Å². The number of nitrogens with one attached hydrogen (secondary N) is 1. The van der Waals surface area contributed by atoms with E-state index in [9.17, 15) is 4.79 Å². The first kappa shape index (κ1) is 17.2. The van der Waals surface area contributed by atoms with Gasteiger partial charge in [-0.05, 0) is 50.4 Å². The molecule has 2 aromatic heterocycles. The molecule has 1 unspecified atom stereocenters. The molecule has 27 heavy (non-hydrogen) atoms. The van der Waals surface area contributed by atoms with E-state index in [4.69, 9.17) is 4.74 Å². The Morgan fingerprint density at radius 3 is 2.74 bits per heavy atom. The molecule has 136 valence electrons. The number of aliphatic imine (C=N–C) groups is 1. The quantitative estimate of drug-likeness (QED) is 0.676. The second kappa shape index (κ2) is 6.83. The number of pyridine rings is 1. The van der Waals surface area contributed by atoms with Gasteiger partial charge in [-0.25, -0.2) is 4.79 Å². The average Bonchev–Trinajstić information content (AvgIpc) is 3.08. The van der Waals surface area contributed by atoms with Gasteiger partial charge >= 0.3 is 5.97 Å². The summed E-state index contributed by atoms with van der Waals surface area (Å²) in [7, 11) is 0. The Morgan fingerprint density at radius 1 is 1.15 bits per heavy atom. The molecule has 1 aliphatic heterocycles. The Labute approximate surface area is 157 Å². The van der Waals surface area contributed by atoms with Crippen LogP contribution in [0, 0.1) is 6.92 Å². The van der Waals surface area contributed by atoms with Crippen molar-refractivity contribution in [2.75, 3.05) is 0 Å². The summed E-state index contributed by atoms with van der Waals surface area (Å²) in [6.07, 6.45) is 2.37. The topological polar surface area (TPSA) is 67.3 Å². The molecule has 3 aromatic rings. The Hall–Kier alpha value is -3.21. The van der Waals surface area contributed by atoms with Crippen LogP contribution in [0.4, 0.5) is 0 Å². The third-order valence-electron chi connectivity index (χ3n) is 4.89. The molecule has 5 nitrogen and oxygen atoms in total. The van der Waals surface area contributed by atoms with E-state index in [1.165, 1.54) is 0 Å². The minimum Gasteiger partial charge on any atom is -0.425 e. The second-order valence-corrected chi connectivity index (χ2v) is 6.89. The number of benzene rings is 1. The predicted octanol–water partition coefficient (Wildman–Crippen LogP) is 4.91. The predicted molar refractivity (Wildman–Crippen MR) is 106 cm³/mol. The number of nitrogens with zero attached hydrogens (tertiary/aromatic N) is 2. The number of para-hydroxylation sites is 1. The Bertz CT molecular complexity index is 1060. The maximum atomic E-state index is 12.8. The fraction of sp³-hybridized carbons (Fsp3) is 0.227. The number of rotatable bonds is 3. The summed E-state index contributed by atoms with van der Waals surface area (Å²) >= 11 is 0. The molecule has 0 fully saturated rings. The summed E-state index contributed by atoms with van der Waals surface area (Å²) in [5.74, 6) is 0.127. The highest BCUT2D eigenvalue weighted by molar-refractivity contribution is 5.92. The van der Waals surface area contributed by atoms with Crippen molar-refractivity contribution in [3.63, 3.8) is 0 Å². The smallest absolute Gasteiger partial charge is 0.345 e. The van der Waals surface area contributed by atoms with Crippen molar-refractivity contribution in [1.82, 2.24) is 9.97 Å². The fourth-order valence-electron chi connectivity index (χ4n) is 3.56. The molecule has 0 saturated carbocycles. The number of carbonyl (C=O) groups excluding carboxylic acids is 1. The van der Waals surface area contributed by atoms with Crippen LogP contribution in [0.15, 0.2) is 65.1 Å². The number of fused-ring (bicyclic) bond motifs is 1. The second-order valence-electron chi connectivity index (χ2n) is 6.89. The van der Waals surface area contributed by atoms with Gasteiger partial charge in [-0.1, -0.05) is 18.2 Å². The lowest BCUT2D eigenvalue weighted by Crippen LogP contribution is -2.19. The van der Waals surface area contributed by atoms with Gasteiger partial charge in [0.05, 0.1) is 22.9 Å². The highest BCUT2D eigenvalue weighted by Gasteiger charge is 2.29. The lowest BCUT2D eigenvalue weighted by molar-refractivity contribution is 0.0597. The van der Waals surface area contributed by atoms with E-state index in [0.717, 1.165) is 28.0 Å². The van der Waals surface area contributed by atoms with Crippen LogP contribution in [0.3, 0.4) is 0 Å². The van der Waals surface area contributed by atoms with Gasteiger partial charge in [0.25, 0.3) is 0 Å². The van der Waals surface area contributed by atoms with Gasteiger partial charge in [-0.3, -0.25) is 9.98 Å². The highest BCUT2D eigenvalue weighted by atomic mass is 16.5. The Kier molecular flexibility index (Phi) is 4.36. The number of allylic oxidation sites excluding steroid dienone is 2. The first-order valence-electron chi connectivity index (χ1n) is 8.99. The molecule has 0 spiro atoms. The summed E-state index contributed by atoms with van der Waals surface area (Å²) in [4.78, 5) is 25.0. The molecular weight excluding hydrogens is 338 g/mol. The zero-order valence-electron chi connectivity index (χ0n) is 15.6. The van der Waals surface area contributed by atoms with Crippen molar-refractivity contribution in [3.05, 3.63) is 77.1 Å². The molecule has 0 saturated heterocycles. The van der Waals surface area contributed by atoms with Crippen molar-refractivity contribution < 1.29 is 9.53 Å². The monoisotopic (exact) mass is 359 g/mol. The molecule has 3 heterocycles. The number of hydrogen-bond donors (Lipinski definition) is 1. The van der Waals surface area contributed by atoms with E-state index in [-0.39, 0.29) is 5.92 Å². The SMILES string of the molecule is CC1=NC(C)=C(OC(=O)c2cccnc2C)C(c2cc3ccccc3[nH]2)C1. The molecule has 0 amide bonds. The number of aromatic amines is 1. The average molecular weight is 359 g/mol. The zero-order chi connectivity index (χ0) is 19.0. The van der Waals surface area contributed by atoms with Gasteiger partial charge in [-0.2, -0.15) is 0 Å². The number of hydrogen-bond acceptors (Lipinski definition) is 4. The summed E-state index contributed by atoms with van der Waals surface area (Å²) < 4.78 is 5.86. The molecule has 0 bridgehead atoms. The normalized spacial score (nSPS) is 17.1. The zero-order valence-corrected chi connectivity index (χ0v) is 15.6. The molecule has 1 atom stereocenters. The summed E-state index contributed by atoms with van der Waals surface area (Å²) in [6, 6.07) is 13.7. The van der Waals surface area contributed by atoms with Gasteiger partial charge in [-0.15, -0.1) is 0 Å². The van der Waals surface area contributed by atoms with Crippen LogP contribution in [0.2, 0.25) is 0 Å². The van der Waals surface area contributed by atoms with Crippen molar-refractivity contribution in [2.45, 2.75) is 33.1 Å². The lowest BCUT2D eigenvalue weighted by Gasteiger charge is -2.24. The molecule has 4 rings (SSSR count). The maximum absolute atomic E-state index is 12.8. The summed E-state index contributed by atoms with van der Waals surface area (Å²) in [6.45, 7) is 5.69. The van der Waals surface area contributed by atoms with Crippen molar-refractivity contribution >= 4 is 22.6 Å². The van der Waals surface area contributed by atoms with E-state index in [1.54, 1.807) is 25.3 Å². The number of esters is 1. The highest BCUT2D eigenvalue weighted by Crippen LogP contribution is 2.36. The first-order chi connectivity index (χ1) is 13.0. The fourth-order valence-corrected chi connectivity index (χ4v) is 3.56. The number of aryl methyl sites for hydroxylation is 1. The first-order valence-corrected chi connectivity index (χ1v) is 8.99. The third-order valence-corrected chi connectivity index (χ3v) is 4.89. The van der Waals surface area contributed by atoms with Gasteiger partial charge in [0.2, 0.25) is 0 Å². The van der Waals surface area contributed by atoms with Crippen LogP contribution in [-0.2, 0) is 4.74 Å².